The first-order chi connectivity index (χ1) is 9.28. The molecule has 0 saturated carbocycles. The third kappa shape index (κ3) is 2.24. The van der Waals surface area contributed by atoms with Gasteiger partial charge in [-0.05, 0) is 18.7 Å². The van der Waals surface area contributed by atoms with E-state index in [1.807, 2.05) is 24.1 Å². The number of aromatic amines is 1. The van der Waals surface area contributed by atoms with E-state index >= 15 is 0 Å². The maximum absolute atomic E-state index is 4.38. The molecular weight excluding hydrogens is 238 g/mol. The molecule has 0 saturated heterocycles. The van der Waals surface area contributed by atoms with Gasteiger partial charge in [-0.25, -0.2) is 9.97 Å². The van der Waals surface area contributed by atoms with Crippen LogP contribution in [0.1, 0.15) is 12.7 Å². The molecule has 3 aromatic rings. The Morgan fingerprint density at radius 1 is 1.32 bits per heavy atom. The van der Waals surface area contributed by atoms with Crippen LogP contribution in [0, 0.1) is 0 Å². The van der Waals surface area contributed by atoms with Crippen LogP contribution in [0.4, 0.5) is 0 Å². The third-order valence-electron chi connectivity index (χ3n) is 3.21. The fourth-order valence-corrected chi connectivity index (χ4v) is 2.15. The zero-order valence-electron chi connectivity index (χ0n) is 11.1. The van der Waals surface area contributed by atoms with Gasteiger partial charge in [0.15, 0.2) is 0 Å². The fraction of sp³-hybridized carbons (Fsp3) is 0.286. The fourth-order valence-electron chi connectivity index (χ4n) is 2.15. The molecule has 0 unspecified atom stereocenters. The van der Waals surface area contributed by atoms with E-state index in [4.69, 9.17) is 0 Å². The van der Waals surface area contributed by atoms with Crippen LogP contribution >= 0.6 is 0 Å². The van der Waals surface area contributed by atoms with Crippen LogP contribution in [0.25, 0.3) is 22.3 Å². The van der Waals surface area contributed by atoms with Gasteiger partial charge in [0, 0.05) is 12.6 Å². The van der Waals surface area contributed by atoms with Crippen molar-refractivity contribution >= 4 is 11.0 Å². The van der Waals surface area contributed by atoms with Crippen molar-refractivity contribution in [3.8, 4) is 11.3 Å². The molecule has 5 nitrogen and oxygen atoms in total. The van der Waals surface area contributed by atoms with E-state index < -0.39 is 0 Å². The van der Waals surface area contributed by atoms with Crippen molar-refractivity contribution in [1.29, 1.82) is 0 Å². The topological polar surface area (TPSA) is 58.5 Å². The van der Waals surface area contributed by atoms with E-state index in [0.717, 1.165) is 41.2 Å². The monoisotopic (exact) mass is 255 g/mol. The summed E-state index contributed by atoms with van der Waals surface area (Å²) in [5.41, 5.74) is 4.28. The second-order valence-electron chi connectivity index (χ2n) is 4.58. The second-order valence-corrected chi connectivity index (χ2v) is 4.58. The van der Waals surface area contributed by atoms with E-state index in [-0.39, 0.29) is 0 Å². The van der Waals surface area contributed by atoms with Crippen LogP contribution in [0.2, 0.25) is 0 Å². The van der Waals surface area contributed by atoms with Crippen LogP contribution < -0.4 is 5.32 Å². The lowest BCUT2D eigenvalue weighted by Gasteiger charge is -2.00. The predicted molar refractivity (Wildman–Crippen MR) is 75.7 cm³/mol. The summed E-state index contributed by atoms with van der Waals surface area (Å²) in [7, 11) is 2.00. The molecule has 0 spiro atoms. The number of nitrogens with one attached hydrogen (secondary N) is 2. The van der Waals surface area contributed by atoms with Crippen molar-refractivity contribution in [3.05, 3.63) is 36.5 Å². The molecule has 0 fully saturated rings. The minimum atomic E-state index is 0.766. The Morgan fingerprint density at radius 2 is 2.21 bits per heavy atom. The highest BCUT2D eigenvalue weighted by atomic mass is 15.0. The first kappa shape index (κ1) is 11.9. The van der Waals surface area contributed by atoms with Crippen LogP contribution in [0.15, 0.2) is 30.7 Å². The summed E-state index contributed by atoms with van der Waals surface area (Å²) in [6, 6.07) is 6.26. The number of imidazole rings is 2. The van der Waals surface area contributed by atoms with Gasteiger partial charge < -0.3 is 14.9 Å². The molecule has 1 aromatic carbocycles. The quantitative estimate of drug-likeness (QED) is 0.750. The van der Waals surface area contributed by atoms with Crippen molar-refractivity contribution in [2.24, 2.45) is 7.05 Å². The van der Waals surface area contributed by atoms with Gasteiger partial charge in [0.05, 0.1) is 35.8 Å². The molecule has 19 heavy (non-hydrogen) atoms. The van der Waals surface area contributed by atoms with E-state index in [0.29, 0.717) is 0 Å². The van der Waals surface area contributed by atoms with Gasteiger partial charge in [0.1, 0.15) is 5.82 Å². The number of fused-ring (bicyclic) bond motifs is 1. The van der Waals surface area contributed by atoms with Crippen molar-refractivity contribution in [3.63, 3.8) is 0 Å². The molecule has 0 atom stereocenters. The number of H-pyrrole nitrogens is 1. The minimum absolute atomic E-state index is 0.766. The maximum Gasteiger partial charge on any atom is 0.120 e. The smallest absolute Gasteiger partial charge is 0.120 e. The Morgan fingerprint density at radius 3 is 3.05 bits per heavy atom. The minimum Gasteiger partial charge on any atom is -0.341 e. The van der Waals surface area contributed by atoms with Crippen LogP contribution in [-0.2, 0) is 13.6 Å². The molecule has 2 aromatic heterocycles. The van der Waals surface area contributed by atoms with Crippen LogP contribution in [0.3, 0.4) is 0 Å². The Balaban J connectivity index is 1.92. The highest BCUT2D eigenvalue weighted by Gasteiger charge is 2.06. The lowest BCUT2D eigenvalue weighted by atomic mass is 10.1. The summed E-state index contributed by atoms with van der Waals surface area (Å²) in [5.74, 6) is 0.956. The number of nitrogens with zero attached hydrogens (tertiary/aromatic N) is 3. The zero-order chi connectivity index (χ0) is 13.2. The molecule has 0 radical (unpaired) electrons. The molecular formula is C14H17N5. The Hall–Kier alpha value is -2.14. The highest BCUT2D eigenvalue weighted by Crippen LogP contribution is 2.22. The Bertz CT molecular complexity index is 695. The molecule has 2 heterocycles. The van der Waals surface area contributed by atoms with E-state index in [9.17, 15) is 0 Å². The standard InChI is InChI=1S/C14H17N5/c1-3-15-8-14-16-7-12(18-14)10-4-5-13-11(6-10)17-9-19(13)2/h4-7,9,15H,3,8H2,1-2H3,(H,16,18). The first-order valence-corrected chi connectivity index (χ1v) is 6.44. The van der Waals surface area contributed by atoms with Gasteiger partial charge in [0.25, 0.3) is 0 Å². The summed E-state index contributed by atoms with van der Waals surface area (Å²) in [6.07, 6.45) is 3.70. The summed E-state index contributed by atoms with van der Waals surface area (Å²) < 4.78 is 2.02. The van der Waals surface area contributed by atoms with Gasteiger partial charge in [-0.1, -0.05) is 13.0 Å². The molecule has 0 aliphatic carbocycles. The van der Waals surface area contributed by atoms with Gasteiger partial charge in [0.2, 0.25) is 0 Å². The lowest BCUT2D eigenvalue weighted by molar-refractivity contribution is 0.698. The predicted octanol–water partition coefficient (Wildman–Crippen LogP) is 2.07. The van der Waals surface area contributed by atoms with E-state index in [1.165, 1.54) is 0 Å². The third-order valence-corrected chi connectivity index (χ3v) is 3.21. The molecule has 98 valence electrons. The Labute approximate surface area is 111 Å². The molecule has 0 aliphatic rings. The molecule has 0 amide bonds. The number of aromatic nitrogens is 4. The molecule has 5 heteroatoms. The number of rotatable bonds is 4. The van der Waals surface area contributed by atoms with Gasteiger partial charge >= 0.3 is 0 Å². The van der Waals surface area contributed by atoms with Gasteiger partial charge in [-0.3, -0.25) is 0 Å². The second kappa shape index (κ2) is 4.85. The normalized spacial score (nSPS) is 11.3. The average Bonchev–Trinajstić information content (AvgIpc) is 3.04. The van der Waals surface area contributed by atoms with E-state index in [2.05, 4.69) is 45.4 Å². The maximum atomic E-state index is 4.38. The molecule has 0 bridgehead atoms. The number of aryl methyl sites for hydroxylation is 1. The molecule has 3 rings (SSSR count). The summed E-state index contributed by atoms with van der Waals surface area (Å²) in [4.78, 5) is 12.1. The molecule has 0 aliphatic heterocycles. The van der Waals surface area contributed by atoms with Crippen molar-refractivity contribution in [2.75, 3.05) is 6.54 Å². The lowest BCUT2D eigenvalue weighted by Crippen LogP contribution is -2.12. The largest absolute Gasteiger partial charge is 0.341 e. The van der Waals surface area contributed by atoms with Crippen LogP contribution in [0.5, 0.6) is 0 Å². The summed E-state index contributed by atoms with van der Waals surface area (Å²) >= 11 is 0. The van der Waals surface area contributed by atoms with Gasteiger partial charge in [-0.2, -0.15) is 0 Å². The first-order valence-electron chi connectivity index (χ1n) is 6.44. The van der Waals surface area contributed by atoms with Crippen molar-refractivity contribution < 1.29 is 0 Å². The summed E-state index contributed by atoms with van der Waals surface area (Å²) in [5, 5.41) is 3.25. The SMILES string of the molecule is CCNCc1ncc(-c2ccc3c(c2)ncn3C)[nH]1. The summed E-state index contributed by atoms with van der Waals surface area (Å²) in [6.45, 7) is 3.79. The molecule has 2 N–H and O–H groups in total. The average molecular weight is 255 g/mol. The Kier molecular flexibility index (Phi) is 3.05. The van der Waals surface area contributed by atoms with E-state index in [1.54, 1.807) is 0 Å². The van der Waals surface area contributed by atoms with Crippen molar-refractivity contribution in [2.45, 2.75) is 13.5 Å². The van der Waals surface area contributed by atoms with Gasteiger partial charge in [-0.15, -0.1) is 0 Å². The van der Waals surface area contributed by atoms with Crippen molar-refractivity contribution in [1.82, 2.24) is 24.8 Å². The highest BCUT2D eigenvalue weighted by molar-refractivity contribution is 5.81. The number of benzene rings is 1. The zero-order valence-corrected chi connectivity index (χ0v) is 11.1. The van der Waals surface area contributed by atoms with Crippen LogP contribution in [-0.4, -0.2) is 26.1 Å². The number of hydrogen-bond acceptors (Lipinski definition) is 3. The number of hydrogen-bond donors (Lipinski definition) is 2.